The zero-order chi connectivity index (χ0) is 19.2. The van der Waals surface area contributed by atoms with Crippen molar-refractivity contribution in [1.82, 2.24) is 15.3 Å². The van der Waals surface area contributed by atoms with Crippen LogP contribution in [-0.2, 0) is 9.59 Å². The third kappa shape index (κ3) is 4.81. The predicted octanol–water partition coefficient (Wildman–Crippen LogP) is 2.06. The summed E-state index contributed by atoms with van der Waals surface area (Å²) >= 11 is 0. The summed E-state index contributed by atoms with van der Waals surface area (Å²) in [7, 11) is 0. The Morgan fingerprint density at radius 1 is 1.22 bits per heavy atom. The van der Waals surface area contributed by atoms with Crippen molar-refractivity contribution in [3.8, 4) is 0 Å². The largest absolute Gasteiger partial charge is 0.355 e. The SMILES string of the molecule is Cc1cccc(C)c1NC(=O)CNC(=O)C1CCCN(c2cnccn2)C1. The van der Waals surface area contributed by atoms with Crippen molar-refractivity contribution >= 4 is 23.3 Å². The molecule has 0 spiro atoms. The van der Waals surface area contributed by atoms with Gasteiger partial charge in [-0.2, -0.15) is 0 Å². The molecule has 2 N–H and O–H groups in total. The van der Waals surface area contributed by atoms with Crippen LogP contribution < -0.4 is 15.5 Å². The van der Waals surface area contributed by atoms with Gasteiger partial charge >= 0.3 is 0 Å². The van der Waals surface area contributed by atoms with E-state index in [2.05, 4.69) is 25.5 Å². The number of carbonyl (C=O) groups excluding carboxylic acids is 2. The number of carbonyl (C=O) groups is 2. The number of nitrogens with one attached hydrogen (secondary N) is 2. The van der Waals surface area contributed by atoms with Crippen LogP contribution >= 0.6 is 0 Å². The number of anilines is 2. The Morgan fingerprint density at radius 2 is 2.00 bits per heavy atom. The summed E-state index contributed by atoms with van der Waals surface area (Å²) in [5.74, 6) is 0.305. The molecule has 7 heteroatoms. The van der Waals surface area contributed by atoms with Crippen LogP contribution in [0.3, 0.4) is 0 Å². The van der Waals surface area contributed by atoms with Crippen molar-refractivity contribution in [3.63, 3.8) is 0 Å². The maximum absolute atomic E-state index is 12.5. The van der Waals surface area contributed by atoms with Crippen LogP contribution in [0, 0.1) is 19.8 Å². The highest BCUT2D eigenvalue weighted by atomic mass is 16.2. The molecule has 1 atom stereocenters. The van der Waals surface area contributed by atoms with Gasteiger partial charge in [0, 0.05) is 31.2 Å². The lowest BCUT2D eigenvalue weighted by atomic mass is 9.97. The molecular weight excluding hydrogens is 342 g/mol. The van der Waals surface area contributed by atoms with Gasteiger partial charge in [-0.25, -0.2) is 4.98 Å². The number of para-hydroxylation sites is 1. The summed E-state index contributed by atoms with van der Waals surface area (Å²) in [5.41, 5.74) is 2.81. The van der Waals surface area contributed by atoms with Crippen molar-refractivity contribution < 1.29 is 9.59 Å². The van der Waals surface area contributed by atoms with Gasteiger partial charge in [0.05, 0.1) is 18.7 Å². The first-order valence-corrected chi connectivity index (χ1v) is 9.19. The number of nitrogens with zero attached hydrogens (tertiary/aromatic N) is 3. The van der Waals surface area contributed by atoms with Gasteiger partial charge in [-0.15, -0.1) is 0 Å². The van der Waals surface area contributed by atoms with Gasteiger partial charge in [0.25, 0.3) is 0 Å². The first-order chi connectivity index (χ1) is 13.0. The average molecular weight is 367 g/mol. The molecule has 1 fully saturated rings. The smallest absolute Gasteiger partial charge is 0.243 e. The van der Waals surface area contributed by atoms with E-state index in [0.717, 1.165) is 42.0 Å². The number of rotatable bonds is 5. The molecule has 27 heavy (non-hydrogen) atoms. The molecule has 0 saturated carbocycles. The molecule has 0 radical (unpaired) electrons. The fourth-order valence-electron chi connectivity index (χ4n) is 3.36. The number of aromatic nitrogens is 2. The average Bonchev–Trinajstić information content (AvgIpc) is 2.70. The van der Waals surface area contributed by atoms with Crippen molar-refractivity contribution in [1.29, 1.82) is 0 Å². The lowest BCUT2D eigenvalue weighted by Crippen LogP contribution is -2.45. The highest BCUT2D eigenvalue weighted by Crippen LogP contribution is 2.21. The summed E-state index contributed by atoms with van der Waals surface area (Å²) in [5, 5.41) is 5.66. The van der Waals surface area contributed by atoms with E-state index in [-0.39, 0.29) is 24.3 Å². The molecule has 1 saturated heterocycles. The minimum Gasteiger partial charge on any atom is -0.355 e. The highest BCUT2D eigenvalue weighted by molar-refractivity contribution is 5.96. The summed E-state index contributed by atoms with van der Waals surface area (Å²) in [6, 6.07) is 5.85. The number of hydrogen-bond acceptors (Lipinski definition) is 5. The van der Waals surface area contributed by atoms with Gasteiger partial charge in [-0.05, 0) is 37.8 Å². The molecular formula is C20H25N5O2. The van der Waals surface area contributed by atoms with Crippen molar-refractivity contribution in [2.24, 2.45) is 5.92 Å². The van der Waals surface area contributed by atoms with E-state index in [4.69, 9.17) is 0 Å². The van der Waals surface area contributed by atoms with Gasteiger partial charge in [0.1, 0.15) is 5.82 Å². The van der Waals surface area contributed by atoms with Gasteiger partial charge in [-0.3, -0.25) is 14.6 Å². The topological polar surface area (TPSA) is 87.2 Å². The number of hydrogen-bond donors (Lipinski definition) is 2. The molecule has 2 heterocycles. The molecule has 2 amide bonds. The van der Waals surface area contributed by atoms with E-state index in [1.807, 2.05) is 32.0 Å². The molecule has 0 bridgehead atoms. The van der Waals surface area contributed by atoms with Crippen LogP contribution in [0.2, 0.25) is 0 Å². The van der Waals surface area contributed by atoms with Crippen LogP contribution in [0.4, 0.5) is 11.5 Å². The van der Waals surface area contributed by atoms with E-state index in [0.29, 0.717) is 6.54 Å². The molecule has 3 rings (SSSR count). The van der Waals surface area contributed by atoms with E-state index < -0.39 is 0 Å². The normalized spacial score (nSPS) is 16.7. The standard InChI is InChI=1S/C20H25N5O2/c1-14-5-3-6-15(2)19(14)24-18(26)12-23-20(27)16-7-4-10-25(13-16)17-11-21-8-9-22-17/h3,5-6,8-9,11,16H,4,7,10,12-13H2,1-2H3,(H,23,27)(H,24,26). The fourth-order valence-corrected chi connectivity index (χ4v) is 3.36. The third-order valence-corrected chi connectivity index (χ3v) is 4.83. The Labute approximate surface area is 159 Å². The Kier molecular flexibility index (Phi) is 6.01. The van der Waals surface area contributed by atoms with Crippen molar-refractivity contribution in [2.45, 2.75) is 26.7 Å². The summed E-state index contributed by atoms with van der Waals surface area (Å²) in [4.78, 5) is 35.2. The number of amides is 2. The van der Waals surface area contributed by atoms with Crippen molar-refractivity contribution in [2.75, 3.05) is 29.9 Å². The molecule has 1 aliphatic heterocycles. The van der Waals surface area contributed by atoms with Gasteiger partial charge in [0.15, 0.2) is 0 Å². The molecule has 7 nitrogen and oxygen atoms in total. The molecule has 0 aliphatic carbocycles. The summed E-state index contributed by atoms with van der Waals surface area (Å²) in [6.45, 7) is 5.31. The Morgan fingerprint density at radius 3 is 2.70 bits per heavy atom. The zero-order valence-electron chi connectivity index (χ0n) is 15.7. The lowest BCUT2D eigenvalue weighted by molar-refractivity contribution is -0.127. The maximum Gasteiger partial charge on any atom is 0.243 e. The second kappa shape index (κ2) is 8.62. The van der Waals surface area contributed by atoms with E-state index in [9.17, 15) is 9.59 Å². The molecule has 1 unspecified atom stereocenters. The molecule has 1 aromatic carbocycles. The van der Waals surface area contributed by atoms with Gasteiger partial charge < -0.3 is 15.5 Å². The van der Waals surface area contributed by atoms with E-state index in [1.54, 1.807) is 18.6 Å². The van der Waals surface area contributed by atoms with E-state index in [1.165, 1.54) is 0 Å². The second-order valence-electron chi connectivity index (χ2n) is 6.88. The highest BCUT2D eigenvalue weighted by Gasteiger charge is 2.26. The number of aryl methyl sites for hydroxylation is 2. The molecule has 142 valence electrons. The van der Waals surface area contributed by atoms with Crippen LogP contribution in [0.25, 0.3) is 0 Å². The Bertz CT molecular complexity index is 789. The first kappa shape index (κ1) is 18.8. The van der Waals surface area contributed by atoms with Crippen LogP contribution in [0.1, 0.15) is 24.0 Å². The quantitative estimate of drug-likeness (QED) is 0.845. The Hall–Kier alpha value is -2.96. The minimum atomic E-state index is -0.220. The lowest BCUT2D eigenvalue weighted by Gasteiger charge is -2.32. The maximum atomic E-state index is 12.5. The molecule has 2 aromatic rings. The third-order valence-electron chi connectivity index (χ3n) is 4.83. The van der Waals surface area contributed by atoms with Gasteiger partial charge in [-0.1, -0.05) is 18.2 Å². The second-order valence-corrected chi connectivity index (χ2v) is 6.88. The fraction of sp³-hybridized carbons (Fsp3) is 0.400. The Balaban J connectivity index is 1.52. The molecule has 1 aromatic heterocycles. The number of piperidine rings is 1. The molecule has 1 aliphatic rings. The van der Waals surface area contributed by atoms with Gasteiger partial charge in [0.2, 0.25) is 11.8 Å². The summed E-state index contributed by atoms with van der Waals surface area (Å²) in [6.07, 6.45) is 6.70. The van der Waals surface area contributed by atoms with Crippen LogP contribution in [0.5, 0.6) is 0 Å². The van der Waals surface area contributed by atoms with Crippen molar-refractivity contribution in [3.05, 3.63) is 47.9 Å². The monoisotopic (exact) mass is 367 g/mol. The summed E-state index contributed by atoms with van der Waals surface area (Å²) < 4.78 is 0. The first-order valence-electron chi connectivity index (χ1n) is 9.19. The minimum absolute atomic E-state index is 0.0335. The van der Waals surface area contributed by atoms with Crippen LogP contribution in [-0.4, -0.2) is 41.4 Å². The van der Waals surface area contributed by atoms with E-state index >= 15 is 0 Å². The number of benzene rings is 1. The predicted molar refractivity (Wildman–Crippen MR) is 105 cm³/mol. The zero-order valence-corrected chi connectivity index (χ0v) is 15.7. The van der Waals surface area contributed by atoms with Crippen LogP contribution in [0.15, 0.2) is 36.8 Å².